The lowest BCUT2D eigenvalue weighted by atomic mass is 9.98. The molecule has 0 bridgehead atoms. The van der Waals surface area contributed by atoms with E-state index in [2.05, 4.69) is 0 Å². The van der Waals surface area contributed by atoms with Gasteiger partial charge in [0, 0.05) is 7.05 Å². The Balaban J connectivity index is 2.85. The summed E-state index contributed by atoms with van der Waals surface area (Å²) in [5.41, 5.74) is 0. The molecule has 0 amide bonds. The number of aliphatic carboxylic acids is 1. The van der Waals surface area contributed by atoms with E-state index in [-0.39, 0.29) is 0 Å². The molecule has 1 aliphatic heterocycles. The fourth-order valence-electron chi connectivity index (χ4n) is 1.47. The van der Waals surface area contributed by atoms with Crippen LogP contribution in [0.1, 0.15) is 0 Å². The predicted octanol–water partition coefficient (Wildman–Crippen LogP) is -2.63. The van der Waals surface area contributed by atoms with Crippen molar-refractivity contribution in [2.45, 2.75) is 30.6 Å². The summed E-state index contributed by atoms with van der Waals surface area (Å²) in [6.45, 7) is 0. The molecule has 94 valence electrons. The molecule has 0 aromatic heterocycles. The number of carbonyl (C=O) groups is 1. The van der Waals surface area contributed by atoms with Crippen LogP contribution in [0.5, 0.6) is 0 Å². The Morgan fingerprint density at radius 3 is 2.25 bits per heavy atom. The highest BCUT2D eigenvalue weighted by atomic mass is 16.7. The van der Waals surface area contributed by atoms with Gasteiger partial charge in [-0.1, -0.05) is 0 Å². The van der Waals surface area contributed by atoms with E-state index < -0.39 is 36.6 Å². The zero-order chi connectivity index (χ0) is 12.5. The smallest absolute Gasteiger partial charge is 0.335 e. The Kier molecular flexibility index (Phi) is 4.19. The van der Waals surface area contributed by atoms with Gasteiger partial charge in [-0.3, -0.25) is 4.84 Å². The van der Waals surface area contributed by atoms with E-state index in [1.165, 1.54) is 14.2 Å². The van der Waals surface area contributed by atoms with Crippen LogP contribution in [-0.4, -0.2) is 76.3 Å². The number of hydrogen-bond donors (Lipinski definition) is 4. The molecule has 5 atom stereocenters. The van der Waals surface area contributed by atoms with Crippen LogP contribution < -0.4 is 0 Å². The summed E-state index contributed by atoms with van der Waals surface area (Å²) in [6.07, 6.45) is -7.53. The minimum absolute atomic E-state index is 1.05. The second-order valence-corrected chi connectivity index (χ2v) is 3.49. The number of aliphatic hydroxyl groups is 3. The Bertz CT molecular complexity index is 261. The summed E-state index contributed by atoms with van der Waals surface area (Å²) in [4.78, 5) is 15.5. The molecule has 4 N–H and O–H groups in total. The molecule has 0 aromatic rings. The van der Waals surface area contributed by atoms with Crippen LogP contribution in [-0.2, 0) is 14.4 Å². The highest BCUT2D eigenvalue weighted by Crippen LogP contribution is 2.23. The molecular weight excluding hydrogens is 222 g/mol. The molecule has 8 nitrogen and oxygen atoms in total. The molecule has 8 heteroatoms. The zero-order valence-corrected chi connectivity index (χ0v) is 8.85. The lowest BCUT2D eigenvalue weighted by Crippen LogP contribution is -2.63. The van der Waals surface area contributed by atoms with Crippen molar-refractivity contribution in [1.29, 1.82) is 0 Å². The largest absolute Gasteiger partial charge is 0.479 e. The number of hydrogen-bond acceptors (Lipinski definition) is 7. The van der Waals surface area contributed by atoms with Crippen molar-refractivity contribution in [3.8, 4) is 0 Å². The van der Waals surface area contributed by atoms with Crippen molar-refractivity contribution in [3.63, 3.8) is 0 Å². The summed E-state index contributed by atoms with van der Waals surface area (Å²) in [5, 5.41) is 38.2. The van der Waals surface area contributed by atoms with Gasteiger partial charge in [-0.15, -0.1) is 0 Å². The van der Waals surface area contributed by atoms with Gasteiger partial charge in [-0.25, -0.2) is 4.79 Å². The Morgan fingerprint density at radius 1 is 1.25 bits per heavy atom. The number of hydroxylamine groups is 2. The number of nitrogens with zero attached hydrogens (tertiary/aromatic N) is 1. The number of carboxylic acid groups (broad SMARTS) is 1. The van der Waals surface area contributed by atoms with Crippen molar-refractivity contribution in [3.05, 3.63) is 0 Å². The second-order valence-electron chi connectivity index (χ2n) is 3.49. The summed E-state index contributed by atoms with van der Waals surface area (Å²) in [6, 6.07) is 0. The van der Waals surface area contributed by atoms with Crippen molar-refractivity contribution in [2.24, 2.45) is 0 Å². The summed E-state index contributed by atoms with van der Waals surface area (Å²) in [7, 11) is 2.69. The maximum Gasteiger partial charge on any atom is 0.335 e. The Labute approximate surface area is 91.6 Å². The van der Waals surface area contributed by atoms with E-state index in [0.29, 0.717) is 0 Å². The number of carboxylic acids is 1. The maximum atomic E-state index is 10.7. The number of aliphatic hydroxyl groups excluding tert-OH is 3. The summed E-state index contributed by atoms with van der Waals surface area (Å²) >= 11 is 0. The van der Waals surface area contributed by atoms with Gasteiger partial charge in [0.2, 0.25) is 0 Å². The number of ether oxygens (including phenoxy) is 1. The van der Waals surface area contributed by atoms with Gasteiger partial charge in [0.1, 0.15) is 18.3 Å². The molecule has 0 saturated carbocycles. The average molecular weight is 237 g/mol. The fraction of sp³-hybridized carbons (Fsp3) is 0.875. The average Bonchev–Trinajstić information content (AvgIpc) is 2.25. The first-order chi connectivity index (χ1) is 7.40. The molecule has 1 aliphatic rings. The Hall–Kier alpha value is -0.770. The fourth-order valence-corrected chi connectivity index (χ4v) is 1.47. The molecule has 1 fully saturated rings. The van der Waals surface area contributed by atoms with E-state index >= 15 is 0 Å². The van der Waals surface area contributed by atoms with E-state index in [1.807, 2.05) is 0 Å². The third kappa shape index (κ3) is 2.32. The van der Waals surface area contributed by atoms with E-state index in [9.17, 15) is 20.1 Å². The van der Waals surface area contributed by atoms with Crippen LogP contribution in [0.2, 0.25) is 0 Å². The molecule has 1 saturated heterocycles. The van der Waals surface area contributed by atoms with Gasteiger partial charge in [0.25, 0.3) is 0 Å². The van der Waals surface area contributed by atoms with Crippen LogP contribution >= 0.6 is 0 Å². The van der Waals surface area contributed by atoms with Crippen LogP contribution in [0.4, 0.5) is 0 Å². The van der Waals surface area contributed by atoms with Gasteiger partial charge in [0.05, 0.1) is 7.11 Å². The molecule has 1 heterocycles. The van der Waals surface area contributed by atoms with Crippen LogP contribution in [0, 0.1) is 0 Å². The highest BCUT2D eigenvalue weighted by Gasteiger charge is 2.48. The van der Waals surface area contributed by atoms with Gasteiger partial charge >= 0.3 is 5.97 Å². The van der Waals surface area contributed by atoms with E-state index in [0.717, 1.165) is 5.06 Å². The third-order valence-corrected chi connectivity index (χ3v) is 2.48. The van der Waals surface area contributed by atoms with Gasteiger partial charge in [-0.2, -0.15) is 5.06 Å². The van der Waals surface area contributed by atoms with Crippen molar-refractivity contribution >= 4 is 5.97 Å². The van der Waals surface area contributed by atoms with E-state index in [1.54, 1.807) is 0 Å². The number of likely N-dealkylation sites (N-methyl/N-ethyl adjacent to an activating group) is 1. The first kappa shape index (κ1) is 13.3. The minimum atomic E-state index is -1.69. The van der Waals surface area contributed by atoms with E-state index in [4.69, 9.17) is 14.7 Å². The molecule has 0 aromatic carbocycles. The van der Waals surface area contributed by atoms with Crippen LogP contribution in [0.15, 0.2) is 0 Å². The molecular formula is C8H15NO7. The molecule has 0 spiro atoms. The van der Waals surface area contributed by atoms with Crippen molar-refractivity contribution in [1.82, 2.24) is 5.06 Å². The number of rotatable bonds is 3. The van der Waals surface area contributed by atoms with Crippen molar-refractivity contribution in [2.75, 3.05) is 14.2 Å². The Morgan fingerprint density at radius 2 is 1.81 bits per heavy atom. The normalized spacial score (nSPS) is 40.0. The first-order valence-corrected chi connectivity index (χ1v) is 4.59. The summed E-state index contributed by atoms with van der Waals surface area (Å²) < 4.78 is 4.94. The minimum Gasteiger partial charge on any atom is -0.479 e. The lowest BCUT2D eigenvalue weighted by Gasteiger charge is -2.41. The molecule has 0 aliphatic carbocycles. The topological polar surface area (TPSA) is 120 Å². The van der Waals surface area contributed by atoms with Gasteiger partial charge in [-0.05, 0) is 0 Å². The molecule has 2 unspecified atom stereocenters. The first-order valence-electron chi connectivity index (χ1n) is 4.59. The highest BCUT2D eigenvalue weighted by molar-refractivity contribution is 5.73. The molecule has 16 heavy (non-hydrogen) atoms. The predicted molar refractivity (Wildman–Crippen MR) is 49.1 cm³/mol. The molecule has 1 rings (SSSR count). The zero-order valence-electron chi connectivity index (χ0n) is 8.85. The second kappa shape index (κ2) is 5.04. The van der Waals surface area contributed by atoms with Crippen LogP contribution in [0.25, 0.3) is 0 Å². The van der Waals surface area contributed by atoms with Crippen LogP contribution in [0.3, 0.4) is 0 Å². The van der Waals surface area contributed by atoms with Gasteiger partial charge < -0.3 is 25.2 Å². The SMILES string of the molecule is CON(C)[C@@H]1OC(C(=O)O)[C@@H](O)C(O)[C@@H]1O. The standard InChI is InChI=1S/C8H15NO7/c1-9(15-2)7-5(12)3(10)4(11)6(16-7)8(13)14/h3-7,10-12H,1-2H3,(H,13,14)/t3?,4-,5-,6?,7+/m0/s1. The third-order valence-electron chi connectivity index (χ3n) is 2.48. The monoisotopic (exact) mass is 237 g/mol. The maximum absolute atomic E-state index is 10.7. The molecule has 0 radical (unpaired) electrons. The van der Waals surface area contributed by atoms with Gasteiger partial charge in [0.15, 0.2) is 12.3 Å². The lowest BCUT2D eigenvalue weighted by molar-refractivity contribution is -0.313. The summed E-state index contributed by atoms with van der Waals surface area (Å²) in [5.74, 6) is -1.42. The quantitative estimate of drug-likeness (QED) is 0.393. The van der Waals surface area contributed by atoms with Crippen molar-refractivity contribution < 1.29 is 34.8 Å².